The molecule has 0 saturated carbocycles. The smallest absolute Gasteiger partial charge is 0.408 e. The highest BCUT2D eigenvalue weighted by Crippen LogP contribution is 2.40. The predicted molar refractivity (Wildman–Crippen MR) is 214 cm³/mol. The molecule has 5 atom stereocenters. The van der Waals surface area contributed by atoms with Crippen LogP contribution in [0.5, 0.6) is 0 Å². The summed E-state index contributed by atoms with van der Waals surface area (Å²) in [6.07, 6.45) is 0.0318. The van der Waals surface area contributed by atoms with Crippen molar-refractivity contribution in [1.29, 1.82) is 0 Å². The third kappa shape index (κ3) is 10.2. The van der Waals surface area contributed by atoms with E-state index in [1.807, 2.05) is 124 Å². The number of nitrogens with one attached hydrogen (secondary N) is 1. The standard InChI is InChI=1S/C46H51N3O9/c1-46(2,3)58-43(53)39-16-9-21-48(39)27-37-24-40(33-19-17-30(28-50)18-20-33)57-44(56-37)36-15-8-14-35(23-36)34-13-7-12-32(22-34)26-49-41(51)25-38(42(49)52)47-45(54)55-29-31-10-5-4-6-11-31/h4-8,10-15,17-20,22-23,37-40,44,50H,9,16,21,24-29H2,1-3H3,(H,47,54). The predicted octanol–water partition coefficient (Wildman–Crippen LogP) is 6.75. The number of carbonyl (C=O) groups is 4. The van der Waals surface area contributed by atoms with Crippen LogP contribution in [0.4, 0.5) is 4.79 Å². The molecule has 2 N–H and O–H groups in total. The number of likely N-dealkylation sites (tertiary alicyclic amines) is 2. The minimum absolute atomic E-state index is 0.0491. The summed E-state index contributed by atoms with van der Waals surface area (Å²) in [5.74, 6) is -1.07. The lowest BCUT2D eigenvalue weighted by atomic mass is 9.98. The van der Waals surface area contributed by atoms with E-state index in [2.05, 4.69) is 10.2 Å². The lowest BCUT2D eigenvalue weighted by Crippen LogP contribution is -2.45. The molecule has 4 aromatic carbocycles. The number of amides is 3. The van der Waals surface area contributed by atoms with Gasteiger partial charge in [0.15, 0.2) is 6.29 Å². The summed E-state index contributed by atoms with van der Waals surface area (Å²) in [6, 6.07) is 31.2. The largest absolute Gasteiger partial charge is 0.459 e. The average Bonchev–Trinajstić information content (AvgIpc) is 3.79. The van der Waals surface area contributed by atoms with Gasteiger partial charge < -0.3 is 29.4 Å². The van der Waals surface area contributed by atoms with Crippen molar-refractivity contribution in [2.75, 3.05) is 13.1 Å². The minimum Gasteiger partial charge on any atom is -0.459 e. The van der Waals surface area contributed by atoms with Crippen LogP contribution in [-0.2, 0) is 53.1 Å². The molecule has 3 amide bonds. The first-order chi connectivity index (χ1) is 27.9. The van der Waals surface area contributed by atoms with Crippen LogP contribution in [0.3, 0.4) is 0 Å². The van der Waals surface area contributed by atoms with Crippen LogP contribution in [0.25, 0.3) is 11.1 Å². The molecule has 5 unspecified atom stereocenters. The Kier molecular flexibility index (Phi) is 12.7. The zero-order valence-corrected chi connectivity index (χ0v) is 33.2. The minimum atomic E-state index is -1.000. The first-order valence-corrected chi connectivity index (χ1v) is 19.9. The Balaban J connectivity index is 1.04. The second kappa shape index (κ2) is 18.0. The lowest BCUT2D eigenvalue weighted by Gasteiger charge is -2.38. The molecular formula is C46H51N3O9. The van der Waals surface area contributed by atoms with E-state index in [1.54, 1.807) is 0 Å². The van der Waals surface area contributed by atoms with E-state index in [0.717, 1.165) is 58.3 Å². The van der Waals surface area contributed by atoms with Gasteiger partial charge in [-0.2, -0.15) is 0 Å². The van der Waals surface area contributed by atoms with Gasteiger partial charge in [0.2, 0.25) is 5.91 Å². The molecule has 3 fully saturated rings. The number of esters is 1. The molecule has 3 saturated heterocycles. The van der Waals surface area contributed by atoms with Gasteiger partial charge in [0.05, 0.1) is 31.8 Å². The van der Waals surface area contributed by atoms with Crippen LogP contribution >= 0.6 is 0 Å². The number of hydrogen-bond donors (Lipinski definition) is 2. The van der Waals surface area contributed by atoms with Crippen LogP contribution in [0.2, 0.25) is 0 Å². The Morgan fingerprint density at radius 3 is 2.31 bits per heavy atom. The monoisotopic (exact) mass is 789 g/mol. The van der Waals surface area contributed by atoms with Crippen LogP contribution in [0.1, 0.15) is 86.7 Å². The van der Waals surface area contributed by atoms with E-state index in [9.17, 15) is 24.3 Å². The topological polar surface area (TPSA) is 144 Å². The first kappa shape index (κ1) is 40.8. The molecule has 3 heterocycles. The summed E-state index contributed by atoms with van der Waals surface area (Å²) in [5.41, 5.74) is 5.34. The average molecular weight is 790 g/mol. The fraction of sp³-hybridized carbons (Fsp3) is 0.391. The summed E-state index contributed by atoms with van der Waals surface area (Å²) >= 11 is 0. The zero-order chi connectivity index (χ0) is 40.8. The summed E-state index contributed by atoms with van der Waals surface area (Å²) in [7, 11) is 0. The second-order valence-corrected chi connectivity index (χ2v) is 16.1. The van der Waals surface area contributed by atoms with Gasteiger partial charge >= 0.3 is 12.1 Å². The number of carbonyl (C=O) groups excluding carboxylic acids is 4. The molecule has 58 heavy (non-hydrogen) atoms. The van der Waals surface area contributed by atoms with Crippen molar-refractivity contribution in [1.82, 2.24) is 15.1 Å². The van der Waals surface area contributed by atoms with Crippen molar-refractivity contribution >= 4 is 23.9 Å². The van der Waals surface area contributed by atoms with Gasteiger partial charge in [-0.25, -0.2) is 4.79 Å². The Labute approximate surface area is 339 Å². The van der Waals surface area contributed by atoms with Crippen molar-refractivity contribution in [3.8, 4) is 11.1 Å². The van der Waals surface area contributed by atoms with Crippen LogP contribution in [0, 0.1) is 0 Å². The highest BCUT2D eigenvalue weighted by molar-refractivity contribution is 6.06. The van der Waals surface area contributed by atoms with Crippen LogP contribution in [-0.4, -0.2) is 75.7 Å². The Morgan fingerprint density at radius 2 is 1.57 bits per heavy atom. The maximum Gasteiger partial charge on any atom is 0.408 e. The second-order valence-electron chi connectivity index (χ2n) is 16.1. The van der Waals surface area contributed by atoms with Crippen LogP contribution in [0.15, 0.2) is 103 Å². The molecule has 12 heteroatoms. The normalized spacial score (nSPS) is 22.6. The van der Waals surface area contributed by atoms with Crippen molar-refractivity contribution in [3.63, 3.8) is 0 Å². The number of rotatable bonds is 12. The molecule has 3 aliphatic heterocycles. The summed E-state index contributed by atoms with van der Waals surface area (Å²) in [6.45, 7) is 7.00. The molecular weight excluding hydrogens is 739 g/mol. The number of hydrogen-bond acceptors (Lipinski definition) is 10. The van der Waals surface area contributed by atoms with E-state index in [1.165, 1.54) is 4.90 Å². The van der Waals surface area contributed by atoms with E-state index in [-0.39, 0.29) is 56.3 Å². The van der Waals surface area contributed by atoms with Crippen molar-refractivity contribution in [2.45, 2.75) is 102 Å². The number of alkyl carbamates (subject to hydrolysis) is 1. The van der Waals surface area contributed by atoms with Crippen molar-refractivity contribution < 1.29 is 43.2 Å². The Hall–Kier alpha value is -5.40. The maximum atomic E-state index is 13.3. The third-order valence-electron chi connectivity index (χ3n) is 10.6. The highest BCUT2D eigenvalue weighted by Gasteiger charge is 2.41. The molecule has 3 aliphatic rings. The molecule has 0 aliphatic carbocycles. The Bertz CT molecular complexity index is 2080. The summed E-state index contributed by atoms with van der Waals surface area (Å²) < 4.78 is 24.4. The first-order valence-electron chi connectivity index (χ1n) is 19.9. The van der Waals surface area contributed by atoms with Gasteiger partial charge in [-0.05, 0) is 85.7 Å². The maximum absolute atomic E-state index is 13.3. The quantitative estimate of drug-likeness (QED) is 0.117. The van der Waals surface area contributed by atoms with Crippen molar-refractivity contribution in [3.05, 3.63) is 131 Å². The van der Waals surface area contributed by atoms with Gasteiger partial charge in [0, 0.05) is 18.5 Å². The number of ether oxygens (including phenoxy) is 4. The van der Waals surface area contributed by atoms with E-state index in [0.29, 0.717) is 13.0 Å². The molecule has 0 bridgehead atoms. The van der Waals surface area contributed by atoms with Gasteiger partial charge in [-0.15, -0.1) is 0 Å². The number of aliphatic hydroxyl groups is 1. The molecule has 0 aromatic heterocycles. The molecule has 4 aromatic rings. The fourth-order valence-corrected chi connectivity index (χ4v) is 7.74. The van der Waals surface area contributed by atoms with E-state index < -0.39 is 29.9 Å². The zero-order valence-electron chi connectivity index (χ0n) is 33.2. The summed E-state index contributed by atoms with van der Waals surface area (Å²) in [4.78, 5) is 55.2. The van der Waals surface area contributed by atoms with E-state index >= 15 is 0 Å². The molecule has 304 valence electrons. The number of imide groups is 1. The Morgan fingerprint density at radius 1 is 0.845 bits per heavy atom. The van der Waals surface area contributed by atoms with Crippen molar-refractivity contribution in [2.24, 2.45) is 0 Å². The molecule has 0 radical (unpaired) electrons. The number of benzene rings is 4. The van der Waals surface area contributed by atoms with Gasteiger partial charge in [-0.1, -0.05) is 91.0 Å². The highest BCUT2D eigenvalue weighted by atomic mass is 16.7. The molecule has 0 spiro atoms. The number of aliphatic hydroxyl groups excluding tert-OH is 1. The SMILES string of the molecule is CC(C)(C)OC(=O)C1CCCN1CC1CC(c2ccc(CO)cc2)OC(c2cccc(-c3cccc(CN4C(=O)CC(NC(=O)OCc5ccccc5)C4=O)c3)c2)O1. The lowest BCUT2D eigenvalue weighted by molar-refractivity contribution is -0.253. The molecule has 12 nitrogen and oxygen atoms in total. The van der Waals surface area contributed by atoms with E-state index in [4.69, 9.17) is 18.9 Å². The van der Waals surface area contributed by atoms with Gasteiger partial charge in [0.1, 0.15) is 24.3 Å². The third-order valence-corrected chi connectivity index (χ3v) is 10.6. The molecule has 7 rings (SSSR count). The fourth-order valence-electron chi connectivity index (χ4n) is 7.74. The summed E-state index contributed by atoms with van der Waals surface area (Å²) in [5, 5.41) is 12.2. The van der Waals surface area contributed by atoms with Gasteiger partial charge in [0.25, 0.3) is 5.91 Å². The van der Waals surface area contributed by atoms with Gasteiger partial charge in [-0.3, -0.25) is 24.2 Å². The number of nitrogens with zero attached hydrogens (tertiary/aromatic N) is 2. The van der Waals surface area contributed by atoms with Crippen LogP contribution < -0.4 is 5.32 Å².